The molecule has 1 aliphatic heterocycles. The molecule has 7 nitrogen and oxygen atoms in total. The summed E-state index contributed by atoms with van der Waals surface area (Å²) in [5.74, 6) is -2.06. The minimum atomic E-state index is -0.966. The van der Waals surface area contributed by atoms with Crippen LogP contribution in [-0.2, 0) is 4.79 Å². The van der Waals surface area contributed by atoms with E-state index in [2.05, 4.69) is 10.2 Å². The van der Waals surface area contributed by atoms with Gasteiger partial charge in [0.15, 0.2) is 11.5 Å². The second-order valence-electron chi connectivity index (χ2n) is 5.92. The smallest absolute Gasteiger partial charge is 0.296 e. The summed E-state index contributed by atoms with van der Waals surface area (Å²) < 4.78 is 5.17. The number of aryl methyl sites for hydroxylation is 1. The molecule has 1 aliphatic rings. The molecule has 10 heteroatoms. The fourth-order valence-electron chi connectivity index (χ4n) is 2.96. The number of furan rings is 1. The van der Waals surface area contributed by atoms with Gasteiger partial charge < -0.3 is 9.52 Å². The van der Waals surface area contributed by atoms with Crippen molar-refractivity contribution in [2.24, 2.45) is 0 Å². The van der Waals surface area contributed by atoms with Crippen LogP contribution in [0.3, 0.4) is 0 Å². The van der Waals surface area contributed by atoms with Gasteiger partial charge in [0.2, 0.25) is 10.9 Å². The Bertz CT molecular complexity index is 1120. The third-order valence-corrected chi connectivity index (χ3v) is 5.76. The number of aliphatic hydroxyl groups excluding tert-OH is 1. The molecule has 1 amide bonds. The van der Waals surface area contributed by atoms with Crippen molar-refractivity contribution < 1.29 is 19.1 Å². The first kappa shape index (κ1) is 18.7. The van der Waals surface area contributed by atoms with Crippen molar-refractivity contribution in [3.63, 3.8) is 0 Å². The maximum Gasteiger partial charge on any atom is 0.296 e. The molecule has 0 fully saturated rings. The summed E-state index contributed by atoms with van der Waals surface area (Å²) in [7, 11) is 0. The summed E-state index contributed by atoms with van der Waals surface area (Å²) in [5, 5.41) is 19.9. The van der Waals surface area contributed by atoms with E-state index < -0.39 is 23.5 Å². The van der Waals surface area contributed by atoms with E-state index in [1.54, 1.807) is 25.1 Å². The average Bonchev–Trinajstić information content (AvgIpc) is 3.39. The number of halogens is 2. The van der Waals surface area contributed by atoms with Crippen LogP contribution in [0.4, 0.5) is 5.13 Å². The van der Waals surface area contributed by atoms with E-state index in [0.29, 0.717) is 15.6 Å². The van der Waals surface area contributed by atoms with Gasteiger partial charge in [0, 0.05) is 0 Å². The highest BCUT2D eigenvalue weighted by Gasteiger charge is 2.46. The van der Waals surface area contributed by atoms with Crippen LogP contribution >= 0.6 is 34.5 Å². The van der Waals surface area contributed by atoms with Gasteiger partial charge in [-0.25, -0.2) is 0 Å². The number of aromatic nitrogens is 2. The van der Waals surface area contributed by atoms with Crippen molar-refractivity contribution in [3.05, 3.63) is 74.3 Å². The Morgan fingerprint density at radius 1 is 1.25 bits per heavy atom. The topological polar surface area (TPSA) is 96.5 Å². The first-order valence-electron chi connectivity index (χ1n) is 7.98. The van der Waals surface area contributed by atoms with Crippen molar-refractivity contribution in [1.82, 2.24) is 10.2 Å². The fraction of sp³-hybridized carbons (Fsp3) is 0.111. The zero-order valence-electron chi connectivity index (χ0n) is 14.2. The number of carbonyl (C=O) groups is 2. The summed E-state index contributed by atoms with van der Waals surface area (Å²) in [4.78, 5) is 27.1. The summed E-state index contributed by atoms with van der Waals surface area (Å²) in [6.45, 7) is 1.73. The van der Waals surface area contributed by atoms with E-state index in [9.17, 15) is 14.7 Å². The molecule has 3 aromatic rings. The third-order valence-electron chi connectivity index (χ3n) is 4.18. The molecular weight excluding hydrogens is 425 g/mol. The van der Waals surface area contributed by atoms with Crippen LogP contribution in [-0.4, -0.2) is 27.0 Å². The first-order valence-corrected chi connectivity index (χ1v) is 9.55. The zero-order valence-corrected chi connectivity index (χ0v) is 16.5. The number of hydrogen-bond acceptors (Lipinski definition) is 7. The second-order valence-corrected chi connectivity index (χ2v) is 7.90. The number of rotatable bonds is 4. The van der Waals surface area contributed by atoms with E-state index >= 15 is 0 Å². The molecule has 3 heterocycles. The van der Waals surface area contributed by atoms with Crippen molar-refractivity contribution >= 4 is 51.4 Å². The summed E-state index contributed by atoms with van der Waals surface area (Å²) in [5.41, 5.74) is 0.348. The normalized spacial score (nSPS) is 16.9. The van der Waals surface area contributed by atoms with Gasteiger partial charge in [-0.3, -0.25) is 14.5 Å². The van der Waals surface area contributed by atoms with Gasteiger partial charge in [-0.2, -0.15) is 0 Å². The van der Waals surface area contributed by atoms with E-state index in [-0.39, 0.29) is 21.5 Å². The Balaban J connectivity index is 1.90. The van der Waals surface area contributed by atoms with Crippen LogP contribution in [0.2, 0.25) is 10.0 Å². The predicted octanol–water partition coefficient (Wildman–Crippen LogP) is 4.53. The molecule has 0 radical (unpaired) electrons. The van der Waals surface area contributed by atoms with Gasteiger partial charge in [0.1, 0.15) is 5.01 Å². The lowest BCUT2D eigenvalue weighted by molar-refractivity contribution is -0.117. The number of anilines is 1. The minimum absolute atomic E-state index is 0.00490. The molecule has 1 aromatic carbocycles. The highest BCUT2D eigenvalue weighted by atomic mass is 35.5. The SMILES string of the molecule is Cc1nnc(N2C(=O)C(O)=C(C(=O)c3ccco3)[C@@H]2c2ccc(Cl)c(Cl)c2)s1. The lowest BCUT2D eigenvalue weighted by atomic mass is 9.95. The van der Waals surface area contributed by atoms with Crippen LogP contribution < -0.4 is 4.90 Å². The number of benzene rings is 1. The van der Waals surface area contributed by atoms with Gasteiger partial charge in [0.25, 0.3) is 5.91 Å². The zero-order chi connectivity index (χ0) is 20.0. The highest BCUT2D eigenvalue weighted by Crippen LogP contribution is 2.43. The molecule has 0 unspecified atom stereocenters. The van der Waals surface area contributed by atoms with Crippen LogP contribution in [0, 0.1) is 6.92 Å². The molecular formula is C18H11Cl2N3O4S. The van der Waals surface area contributed by atoms with Gasteiger partial charge in [-0.15, -0.1) is 10.2 Å². The Labute approximate surface area is 172 Å². The summed E-state index contributed by atoms with van der Waals surface area (Å²) >= 11 is 13.3. The summed E-state index contributed by atoms with van der Waals surface area (Å²) in [6, 6.07) is 6.75. The number of Topliss-reactive ketones (excluding diaryl/α,β-unsaturated/α-hetero) is 1. The number of nitrogens with zero attached hydrogens (tertiary/aromatic N) is 3. The fourth-order valence-corrected chi connectivity index (χ4v) is 3.98. The van der Waals surface area contributed by atoms with Crippen LogP contribution in [0.15, 0.2) is 52.3 Å². The molecule has 0 aliphatic carbocycles. The molecule has 4 rings (SSSR count). The Kier molecular flexibility index (Phi) is 4.70. The summed E-state index contributed by atoms with van der Waals surface area (Å²) in [6.07, 6.45) is 1.33. The molecule has 0 bridgehead atoms. The molecule has 1 atom stereocenters. The van der Waals surface area contributed by atoms with Crippen molar-refractivity contribution in [1.29, 1.82) is 0 Å². The Morgan fingerprint density at radius 3 is 2.64 bits per heavy atom. The quantitative estimate of drug-likeness (QED) is 0.604. The lowest BCUT2D eigenvalue weighted by Gasteiger charge is -2.24. The molecule has 0 saturated carbocycles. The van der Waals surface area contributed by atoms with E-state index in [4.69, 9.17) is 27.6 Å². The third kappa shape index (κ3) is 2.99. The molecule has 0 saturated heterocycles. The monoisotopic (exact) mass is 435 g/mol. The van der Waals surface area contributed by atoms with Gasteiger partial charge >= 0.3 is 0 Å². The largest absolute Gasteiger partial charge is 0.503 e. The van der Waals surface area contributed by atoms with E-state index in [0.717, 1.165) is 11.3 Å². The number of carbonyl (C=O) groups excluding carboxylic acids is 2. The van der Waals surface area contributed by atoms with Crippen molar-refractivity contribution in [2.75, 3.05) is 4.90 Å². The predicted molar refractivity (Wildman–Crippen MR) is 104 cm³/mol. The van der Waals surface area contributed by atoms with Crippen molar-refractivity contribution in [2.45, 2.75) is 13.0 Å². The van der Waals surface area contributed by atoms with Gasteiger partial charge in [-0.1, -0.05) is 40.6 Å². The molecule has 28 heavy (non-hydrogen) atoms. The van der Waals surface area contributed by atoms with Crippen LogP contribution in [0.25, 0.3) is 0 Å². The highest BCUT2D eigenvalue weighted by molar-refractivity contribution is 7.15. The first-order chi connectivity index (χ1) is 13.4. The number of hydrogen-bond donors (Lipinski definition) is 1. The lowest BCUT2D eigenvalue weighted by Crippen LogP contribution is -2.31. The van der Waals surface area contributed by atoms with Gasteiger partial charge in [0.05, 0.1) is 27.9 Å². The number of aliphatic hydroxyl groups is 1. The molecule has 1 N–H and O–H groups in total. The van der Waals surface area contributed by atoms with Crippen molar-refractivity contribution in [3.8, 4) is 0 Å². The minimum Gasteiger partial charge on any atom is -0.503 e. The standard InChI is InChI=1S/C18H11Cl2N3O4S/c1-8-21-22-18(28-8)23-14(9-4-5-10(19)11(20)7-9)13(16(25)17(23)26)15(24)12-3-2-6-27-12/h2-7,14,25H,1H3/t14-/m0/s1. The molecule has 2 aromatic heterocycles. The average molecular weight is 436 g/mol. The maximum absolute atomic E-state index is 13.0. The second kappa shape index (κ2) is 7.05. The molecule has 142 valence electrons. The van der Waals surface area contributed by atoms with Gasteiger partial charge in [-0.05, 0) is 36.8 Å². The van der Waals surface area contributed by atoms with Crippen LogP contribution in [0.5, 0.6) is 0 Å². The molecule has 0 spiro atoms. The Hall–Kier alpha value is -2.68. The van der Waals surface area contributed by atoms with Crippen LogP contribution in [0.1, 0.15) is 27.2 Å². The maximum atomic E-state index is 13.0. The number of amides is 1. The Morgan fingerprint density at radius 2 is 2.04 bits per heavy atom. The van der Waals surface area contributed by atoms with E-state index in [1.165, 1.54) is 23.3 Å². The number of ketones is 1. The van der Waals surface area contributed by atoms with E-state index in [1.807, 2.05) is 0 Å².